The fourth-order valence-electron chi connectivity index (χ4n) is 4.24. The predicted molar refractivity (Wildman–Crippen MR) is 118 cm³/mol. The minimum atomic E-state index is -0.967. The van der Waals surface area contributed by atoms with Crippen molar-refractivity contribution in [3.05, 3.63) is 23.0 Å². The van der Waals surface area contributed by atoms with Crippen LogP contribution in [-0.4, -0.2) is 53.4 Å². The average Bonchev–Trinajstić information content (AvgIpc) is 3.41. The molecule has 1 aromatic rings. The highest BCUT2D eigenvalue weighted by Crippen LogP contribution is 2.34. The molecule has 2 aliphatic rings. The number of nitrogens with one attached hydrogen (secondary N) is 4. The van der Waals surface area contributed by atoms with Crippen LogP contribution in [0.15, 0.2) is 6.07 Å². The summed E-state index contributed by atoms with van der Waals surface area (Å²) in [4.78, 5) is 53.6. The zero-order valence-electron chi connectivity index (χ0n) is 19.5. The van der Waals surface area contributed by atoms with E-state index in [2.05, 4.69) is 20.9 Å². The summed E-state index contributed by atoms with van der Waals surface area (Å²) in [7, 11) is 1.25. The second-order valence-electron chi connectivity index (χ2n) is 9.79. The van der Waals surface area contributed by atoms with Crippen molar-refractivity contribution in [2.24, 2.45) is 11.8 Å². The van der Waals surface area contributed by atoms with Gasteiger partial charge in [0.15, 0.2) is 0 Å². The lowest BCUT2D eigenvalue weighted by Gasteiger charge is -2.23. The molecule has 0 unspecified atom stereocenters. The van der Waals surface area contributed by atoms with E-state index in [-0.39, 0.29) is 23.8 Å². The van der Waals surface area contributed by atoms with Crippen molar-refractivity contribution in [1.82, 2.24) is 20.9 Å². The summed E-state index contributed by atoms with van der Waals surface area (Å²) in [5, 5.41) is 8.44. The molecule has 9 heteroatoms. The molecule has 1 saturated carbocycles. The fraction of sp³-hybridized carbons (Fsp3) is 0.652. The first-order valence-electron chi connectivity index (χ1n) is 11.2. The van der Waals surface area contributed by atoms with Crippen LogP contribution in [0.5, 0.6) is 0 Å². The van der Waals surface area contributed by atoms with Crippen molar-refractivity contribution in [2.75, 3.05) is 7.11 Å². The summed E-state index contributed by atoms with van der Waals surface area (Å²) in [6, 6.07) is -0.000265. The Bertz CT molecular complexity index is 883. The molecule has 3 atom stereocenters. The zero-order chi connectivity index (χ0) is 23.6. The van der Waals surface area contributed by atoms with E-state index in [4.69, 9.17) is 4.74 Å². The number of hydrogen-bond donors (Lipinski definition) is 4. The van der Waals surface area contributed by atoms with Crippen molar-refractivity contribution < 1.29 is 23.9 Å². The topological polar surface area (TPSA) is 129 Å². The van der Waals surface area contributed by atoms with Crippen molar-refractivity contribution in [3.8, 4) is 0 Å². The number of rotatable bonds is 9. The fourth-order valence-corrected chi connectivity index (χ4v) is 4.24. The summed E-state index contributed by atoms with van der Waals surface area (Å²) in [6.07, 6.45) is 3.23. The van der Waals surface area contributed by atoms with Crippen LogP contribution < -0.4 is 16.0 Å². The number of carbonyl (C=O) groups is 4. The lowest BCUT2D eigenvalue weighted by molar-refractivity contribution is -0.146. The van der Waals surface area contributed by atoms with Crippen molar-refractivity contribution >= 4 is 23.7 Å². The van der Waals surface area contributed by atoms with E-state index >= 15 is 0 Å². The molecular formula is C23H34N4O5. The van der Waals surface area contributed by atoms with E-state index in [1.165, 1.54) is 7.11 Å². The third-order valence-corrected chi connectivity index (χ3v) is 6.32. The molecule has 1 aromatic heterocycles. The Labute approximate surface area is 188 Å². The first-order chi connectivity index (χ1) is 15.0. The number of hydrogen-bond acceptors (Lipinski definition) is 5. The van der Waals surface area contributed by atoms with E-state index in [9.17, 15) is 19.2 Å². The second-order valence-corrected chi connectivity index (χ2v) is 9.79. The van der Waals surface area contributed by atoms with Gasteiger partial charge in [0.1, 0.15) is 17.8 Å². The first kappa shape index (κ1) is 23.8. The summed E-state index contributed by atoms with van der Waals surface area (Å²) in [6.45, 7) is 7.62. The van der Waals surface area contributed by atoms with Crippen LogP contribution in [0.25, 0.3) is 0 Å². The van der Waals surface area contributed by atoms with Crippen molar-refractivity contribution in [1.29, 1.82) is 0 Å². The molecule has 0 spiro atoms. The minimum absolute atomic E-state index is 0.140. The maximum Gasteiger partial charge on any atom is 0.328 e. The van der Waals surface area contributed by atoms with Gasteiger partial charge >= 0.3 is 5.97 Å². The van der Waals surface area contributed by atoms with Gasteiger partial charge in [-0.2, -0.15) is 0 Å². The number of H-pyrrole nitrogens is 1. The molecule has 2 fully saturated rings. The summed E-state index contributed by atoms with van der Waals surface area (Å²) >= 11 is 0. The maximum atomic E-state index is 13.1. The molecule has 32 heavy (non-hydrogen) atoms. The standard InChI is InChI=1S/C23H34N4O5/c1-12-8-16(24-13(12)2)20(29)25-17(9-14-6-7-14)21(30)26-18(22(31)32-5)10-15-11-23(3,4)27-19(15)28/h8,14-15,17-18,24H,6-7,9-11H2,1-5H3,(H,25,29)(H,26,30)(H,27,28)/t15-,17+,18+/m1/s1. The largest absolute Gasteiger partial charge is 0.467 e. The maximum absolute atomic E-state index is 13.1. The lowest BCUT2D eigenvalue weighted by atomic mass is 9.91. The van der Waals surface area contributed by atoms with Crippen LogP contribution in [-0.2, 0) is 19.1 Å². The van der Waals surface area contributed by atoms with Gasteiger partial charge < -0.3 is 25.7 Å². The molecule has 3 rings (SSSR count). The third-order valence-electron chi connectivity index (χ3n) is 6.32. The van der Waals surface area contributed by atoms with Crippen LogP contribution in [0.3, 0.4) is 0 Å². The van der Waals surface area contributed by atoms with Crippen LogP contribution in [0, 0.1) is 25.7 Å². The lowest BCUT2D eigenvalue weighted by Crippen LogP contribution is -2.52. The van der Waals surface area contributed by atoms with Crippen LogP contribution in [0.2, 0.25) is 0 Å². The highest BCUT2D eigenvalue weighted by molar-refractivity contribution is 5.97. The highest BCUT2D eigenvalue weighted by Gasteiger charge is 2.41. The van der Waals surface area contributed by atoms with E-state index in [0.29, 0.717) is 24.5 Å². The Morgan fingerprint density at radius 3 is 2.34 bits per heavy atom. The normalized spacial score (nSPS) is 21.4. The molecule has 0 radical (unpaired) electrons. The van der Waals surface area contributed by atoms with Crippen molar-refractivity contribution in [3.63, 3.8) is 0 Å². The van der Waals surface area contributed by atoms with E-state index in [1.807, 2.05) is 27.7 Å². The monoisotopic (exact) mass is 446 g/mol. The van der Waals surface area contributed by atoms with Gasteiger partial charge in [0, 0.05) is 17.2 Å². The molecule has 0 aromatic carbocycles. The van der Waals surface area contributed by atoms with Crippen LogP contribution >= 0.6 is 0 Å². The molecule has 4 N–H and O–H groups in total. The first-order valence-corrected chi connectivity index (χ1v) is 11.2. The van der Waals surface area contributed by atoms with Crippen molar-refractivity contribution in [2.45, 2.75) is 77.4 Å². The smallest absolute Gasteiger partial charge is 0.328 e. The Balaban J connectivity index is 1.69. The Morgan fingerprint density at radius 2 is 1.84 bits per heavy atom. The number of carbonyl (C=O) groups excluding carboxylic acids is 4. The van der Waals surface area contributed by atoms with Gasteiger partial charge in [0.25, 0.3) is 5.91 Å². The molecule has 1 aliphatic carbocycles. The highest BCUT2D eigenvalue weighted by atomic mass is 16.5. The third kappa shape index (κ3) is 5.89. The number of aromatic amines is 1. The number of esters is 1. The number of methoxy groups -OCH3 is 1. The number of aryl methyl sites for hydroxylation is 2. The van der Waals surface area contributed by atoms with Crippen LogP contribution in [0.1, 0.15) is 67.7 Å². The molecular weight excluding hydrogens is 412 g/mol. The summed E-state index contributed by atoms with van der Waals surface area (Å²) in [5.74, 6) is -1.60. The Morgan fingerprint density at radius 1 is 1.16 bits per heavy atom. The molecule has 0 bridgehead atoms. The average molecular weight is 447 g/mol. The molecule has 176 valence electrons. The zero-order valence-corrected chi connectivity index (χ0v) is 19.5. The second kappa shape index (κ2) is 9.34. The number of amides is 3. The molecule has 3 amide bonds. The van der Waals surface area contributed by atoms with Gasteiger partial charge in [-0.25, -0.2) is 4.79 Å². The van der Waals surface area contributed by atoms with Gasteiger partial charge in [-0.1, -0.05) is 12.8 Å². The molecule has 1 saturated heterocycles. The van der Waals surface area contributed by atoms with Gasteiger partial charge in [-0.3, -0.25) is 14.4 Å². The SMILES string of the molecule is COC(=O)[C@H](C[C@@H]1CC(C)(C)NC1=O)NC(=O)[C@H](CC1CC1)NC(=O)c1cc(C)c(C)[nH]1. The summed E-state index contributed by atoms with van der Waals surface area (Å²) < 4.78 is 4.87. The van der Waals surface area contributed by atoms with E-state index in [1.54, 1.807) is 6.07 Å². The molecule has 1 aliphatic heterocycles. The number of aromatic nitrogens is 1. The van der Waals surface area contributed by atoms with Gasteiger partial charge in [0.2, 0.25) is 11.8 Å². The van der Waals surface area contributed by atoms with Gasteiger partial charge in [-0.05, 0) is 64.5 Å². The predicted octanol–water partition coefficient (Wildman–Crippen LogP) is 1.49. The molecule has 2 heterocycles. The van der Waals surface area contributed by atoms with Gasteiger partial charge in [0.05, 0.1) is 7.11 Å². The summed E-state index contributed by atoms with van der Waals surface area (Å²) in [5.41, 5.74) is 1.88. The van der Waals surface area contributed by atoms with E-state index in [0.717, 1.165) is 24.1 Å². The van der Waals surface area contributed by atoms with E-state index < -0.39 is 29.9 Å². The van der Waals surface area contributed by atoms with Crippen LogP contribution in [0.4, 0.5) is 0 Å². The number of ether oxygens (including phenoxy) is 1. The Kier molecular flexibility index (Phi) is 6.95. The quantitative estimate of drug-likeness (QED) is 0.427. The minimum Gasteiger partial charge on any atom is -0.467 e. The van der Waals surface area contributed by atoms with Gasteiger partial charge in [-0.15, -0.1) is 0 Å². The molecule has 9 nitrogen and oxygen atoms in total. The Hall–Kier alpha value is -2.84.